The Hall–Kier alpha value is -2.11. The monoisotopic (exact) mass is 237 g/mol. The van der Waals surface area contributed by atoms with Gasteiger partial charge in [-0.05, 0) is 20.8 Å². The highest BCUT2D eigenvalue weighted by Gasteiger charge is 2.18. The van der Waals surface area contributed by atoms with Crippen molar-refractivity contribution in [1.82, 2.24) is 15.5 Å². The van der Waals surface area contributed by atoms with Crippen LogP contribution in [0.15, 0.2) is 12.3 Å². The van der Waals surface area contributed by atoms with Gasteiger partial charge in [0.2, 0.25) is 0 Å². The van der Waals surface area contributed by atoms with E-state index in [0.29, 0.717) is 17.0 Å². The molecule has 0 aliphatic rings. The first-order valence-electron chi connectivity index (χ1n) is 5.16. The maximum atomic E-state index is 11.8. The summed E-state index contributed by atoms with van der Waals surface area (Å²) < 4.78 is 4.71. The van der Waals surface area contributed by atoms with E-state index >= 15 is 0 Å². The van der Waals surface area contributed by atoms with E-state index in [1.54, 1.807) is 20.8 Å². The Kier molecular flexibility index (Phi) is 4.03. The van der Waals surface area contributed by atoms with Gasteiger partial charge in [-0.15, -0.1) is 0 Å². The average molecular weight is 237 g/mol. The second-order valence-corrected chi connectivity index (χ2v) is 3.46. The summed E-state index contributed by atoms with van der Waals surface area (Å²) in [5.74, 6) is -1.06. The Morgan fingerprint density at radius 1 is 1.47 bits per heavy atom. The molecule has 1 rings (SSSR count). The second kappa shape index (κ2) is 5.29. The molecule has 0 unspecified atom stereocenters. The summed E-state index contributed by atoms with van der Waals surface area (Å²) in [6, 6.07) is 0. The van der Waals surface area contributed by atoms with Crippen molar-refractivity contribution in [3.05, 3.63) is 29.2 Å². The number of aromatic nitrogens is 2. The average Bonchev–Trinajstić information content (AvgIpc) is 2.58. The summed E-state index contributed by atoms with van der Waals surface area (Å²) in [4.78, 5) is 23.1. The molecule has 6 heteroatoms. The molecule has 2 N–H and O–H groups in total. The standard InChI is InChI=1S/C11H15N3O3/c1-5-17-11(16)8(4)12-10(15)9-6(2)13-14-7(9)3/h4-5H2,1-3H3,(H,12,15)(H,13,14). The number of aromatic amines is 1. The molecule has 0 fully saturated rings. The lowest BCUT2D eigenvalue weighted by Crippen LogP contribution is -2.28. The van der Waals surface area contributed by atoms with Gasteiger partial charge in [-0.2, -0.15) is 5.10 Å². The van der Waals surface area contributed by atoms with Crippen molar-refractivity contribution in [1.29, 1.82) is 0 Å². The minimum absolute atomic E-state index is 0.0862. The van der Waals surface area contributed by atoms with Crippen LogP contribution in [-0.2, 0) is 9.53 Å². The number of hydrogen-bond acceptors (Lipinski definition) is 4. The van der Waals surface area contributed by atoms with Crippen LogP contribution >= 0.6 is 0 Å². The molecular weight excluding hydrogens is 222 g/mol. The van der Waals surface area contributed by atoms with Crippen LogP contribution in [0.1, 0.15) is 28.7 Å². The molecule has 1 aromatic rings. The molecule has 0 bridgehead atoms. The summed E-state index contributed by atoms with van der Waals surface area (Å²) in [5.41, 5.74) is 1.53. The zero-order chi connectivity index (χ0) is 13.0. The third-order valence-electron chi connectivity index (χ3n) is 2.14. The minimum Gasteiger partial charge on any atom is -0.461 e. The van der Waals surface area contributed by atoms with Gasteiger partial charge in [0.1, 0.15) is 5.70 Å². The number of aryl methyl sites for hydroxylation is 2. The predicted molar refractivity (Wildman–Crippen MR) is 61.3 cm³/mol. The number of ether oxygens (including phenoxy) is 1. The number of hydrogen-bond donors (Lipinski definition) is 2. The lowest BCUT2D eigenvalue weighted by molar-refractivity contribution is -0.138. The fourth-order valence-corrected chi connectivity index (χ4v) is 1.35. The molecule has 0 saturated carbocycles. The maximum absolute atomic E-state index is 11.8. The molecule has 1 amide bonds. The highest BCUT2D eigenvalue weighted by atomic mass is 16.5. The summed E-state index contributed by atoms with van der Waals surface area (Å²) >= 11 is 0. The molecule has 0 radical (unpaired) electrons. The maximum Gasteiger partial charge on any atom is 0.354 e. The van der Waals surface area contributed by atoms with E-state index in [-0.39, 0.29) is 12.3 Å². The van der Waals surface area contributed by atoms with Crippen LogP contribution in [-0.4, -0.2) is 28.7 Å². The van der Waals surface area contributed by atoms with Crippen molar-refractivity contribution in [2.45, 2.75) is 20.8 Å². The molecule has 0 aromatic carbocycles. The number of rotatable bonds is 4. The van der Waals surface area contributed by atoms with E-state index in [4.69, 9.17) is 4.74 Å². The molecule has 0 atom stereocenters. The van der Waals surface area contributed by atoms with Crippen molar-refractivity contribution in [2.75, 3.05) is 6.61 Å². The highest BCUT2D eigenvalue weighted by Crippen LogP contribution is 2.09. The molecule has 0 aliphatic carbocycles. The number of H-pyrrole nitrogens is 1. The number of amides is 1. The summed E-state index contributed by atoms with van der Waals surface area (Å²) in [7, 11) is 0. The largest absolute Gasteiger partial charge is 0.461 e. The third-order valence-corrected chi connectivity index (χ3v) is 2.14. The smallest absolute Gasteiger partial charge is 0.354 e. The number of esters is 1. The Morgan fingerprint density at radius 3 is 2.59 bits per heavy atom. The molecule has 1 heterocycles. The van der Waals surface area contributed by atoms with Gasteiger partial charge in [0, 0.05) is 5.69 Å². The number of nitrogens with zero attached hydrogens (tertiary/aromatic N) is 1. The SMILES string of the molecule is C=C(NC(=O)c1c(C)n[nH]c1C)C(=O)OCC. The van der Waals surface area contributed by atoms with E-state index in [1.807, 2.05) is 0 Å². The van der Waals surface area contributed by atoms with E-state index < -0.39 is 11.9 Å². The number of carbonyl (C=O) groups is 2. The van der Waals surface area contributed by atoms with E-state index in [9.17, 15) is 9.59 Å². The minimum atomic E-state index is -0.639. The Balaban J connectivity index is 2.74. The summed E-state index contributed by atoms with van der Waals surface area (Å²) in [5, 5.41) is 8.96. The van der Waals surface area contributed by atoms with Crippen LogP contribution in [0.25, 0.3) is 0 Å². The van der Waals surface area contributed by atoms with Gasteiger partial charge < -0.3 is 10.1 Å². The van der Waals surface area contributed by atoms with Gasteiger partial charge in [0.05, 0.1) is 17.9 Å². The lowest BCUT2D eigenvalue weighted by atomic mass is 10.2. The summed E-state index contributed by atoms with van der Waals surface area (Å²) in [6.45, 7) is 8.78. The normalized spacial score (nSPS) is 9.82. The summed E-state index contributed by atoms with van der Waals surface area (Å²) in [6.07, 6.45) is 0. The van der Waals surface area contributed by atoms with Crippen LogP contribution in [0.4, 0.5) is 0 Å². The first kappa shape index (κ1) is 13.0. The van der Waals surface area contributed by atoms with E-state index in [1.165, 1.54) is 0 Å². The van der Waals surface area contributed by atoms with Gasteiger partial charge in [-0.3, -0.25) is 9.89 Å². The topological polar surface area (TPSA) is 84.1 Å². The third kappa shape index (κ3) is 2.93. The molecule has 17 heavy (non-hydrogen) atoms. The van der Waals surface area contributed by atoms with Crippen LogP contribution in [0, 0.1) is 13.8 Å². The molecular formula is C11H15N3O3. The second-order valence-electron chi connectivity index (χ2n) is 3.46. The van der Waals surface area contributed by atoms with Crippen molar-refractivity contribution >= 4 is 11.9 Å². The Bertz CT molecular complexity index is 443. The van der Waals surface area contributed by atoms with Gasteiger partial charge in [0.15, 0.2) is 0 Å². The van der Waals surface area contributed by atoms with Crippen LogP contribution in [0.3, 0.4) is 0 Å². The van der Waals surface area contributed by atoms with Gasteiger partial charge in [-0.1, -0.05) is 6.58 Å². The number of nitrogens with one attached hydrogen (secondary N) is 2. The predicted octanol–water partition coefficient (Wildman–Crippen LogP) is 0.833. The van der Waals surface area contributed by atoms with E-state index in [0.717, 1.165) is 0 Å². The highest BCUT2D eigenvalue weighted by molar-refractivity contribution is 6.02. The molecule has 6 nitrogen and oxygen atoms in total. The van der Waals surface area contributed by atoms with Crippen molar-refractivity contribution in [3.8, 4) is 0 Å². The number of carbonyl (C=O) groups excluding carboxylic acids is 2. The zero-order valence-corrected chi connectivity index (χ0v) is 10.1. The van der Waals surface area contributed by atoms with Gasteiger partial charge in [0.25, 0.3) is 5.91 Å². The molecule has 92 valence electrons. The fraction of sp³-hybridized carbons (Fsp3) is 0.364. The molecule has 0 spiro atoms. The van der Waals surface area contributed by atoms with Gasteiger partial charge >= 0.3 is 5.97 Å². The quantitative estimate of drug-likeness (QED) is 0.600. The van der Waals surface area contributed by atoms with Crippen molar-refractivity contribution < 1.29 is 14.3 Å². The fourth-order valence-electron chi connectivity index (χ4n) is 1.35. The molecule has 0 saturated heterocycles. The molecule has 1 aromatic heterocycles. The Morgan fingerprint density at radius 2 is 2.12 bits per heavy atom. The van der Waals surface area contributed by atoms with Gasteiger partial charge in [-0.25, -0.2) is 4.79 Å². The molecule has 0 aliphatic heterocycles. The van der Waals surface area contributed by atoms with Crippen LogP contribution in [0.5, 0.6) is 0 Å². The first-order chi connectivity index (χ1) is 7.97. The van der Waals surface area contributed by atoms with Crippen LogP contribution in [0.2, 0.25) is 0 Å². The van der Waals surface area contributed by atoms with Crippen molar-refractivity contribution in [2.24, 2.45) is 0 Å². The van der Waals surface area contributed by atoms with E-state index in [2.05, 4.69) is 22.1 Å². The lowest BCUT2D eigenvalue weighted by Gasteiger charge is -2.07. The van der Waals surface area contributed by atoms with Crippen LogP contribution < -0.4 is 5.32 Å². The van der Waals surface area contributed by atoms with Crippen molar-refractivity contribution in [3.63, 3.8) is 0 Å². The zero-order valence-electron chi connectivity index (χ0n) is 10.1. The Labute approximate surface area is 99.0 Å². The first-order valence-corrected chi connectivity index (χ1v) is 5.16.